The molecule has 2 rings (SSSR count). The Balaban J connectivity index is 2.37. The van der Waals surface area contributed by atoms with Gasteiger partial charge in [0.2, 0.25) is 5.43 Å². The maximum atomic E-state index is 12.1. The molecule has 4 nitrogen and oxygen atoms in total. The molecule has 0 saturated heterocycles. The van der Waals surface area contributed by atoms with Gasteiger partial charge in [-0.3, -0.25) is 9.89 Å². The van der Waals surface area contributed by atoms with E-state index in [1.807, 2.05) is 0 Å². The number of rotatable bonds is 3. The lowest BCUT2D eigenvalue weighted by molar-refractivity contribution is -0.153. The van der Waals surface area contributed by atoms with Crippen LogP contribution in [-0.4, -0.2) is 23.0 Å². The number of H-pyrrole nitrogens is 1. The van der Waals surface area contributed by atoms with Gasteiger partial charge in [0, 0.05) is 17.8 Å². The maximum Gasteiger partial charge on any atom is 0.422 e. The summed E-state index contributed by atoms with van der Waals surface area (Å²) in [4.78, 5) is 11.6. The van der Waals surface area contributed by atoms with Crippen molar-refractivity contribution in [1.29, 1.82) is 0 Å². The quantitative estimate of drug-likeness (QED) is 0.931. The molecule has 0 amide bonds. The molecule has 0 aliphatic heterocycles. The molecule has 0 bridgehead atoms. The highest BCUT2D eigenvalue weighted by Gasteiger charge is 2.29. The van der Waals surface area contributed by atoms with Crippen LogP contribution in [0.4, 0.5) is 13.2 Å². The van der Waals surface area contributed by atoms with Gasteiger partial charge < -0.3 is 4.74 Å². The summed E-state index contributed by atoms with van der Waals surface area (Å²) in [5, 5.41) is 6.23. The van der Waals surface area contributed by atoms with Crippen LogP contribution in [0.1, 0.15) is 0 Å². The normalized spacial score (nSPS) is 11.3. The van der Waals surface area contributed by atoms with Gasteiger partial charge in [-0.15, -0.1) is 0 Å². The van der Waals surface area contributed by atoms with Crippen molar-refractivity contribution in [3.8, 4) is 17.0 Å². The number of para-hydroxylation sites is 1. The number of benzene rings is 1. The number of hydrogen-bond donors (Lipinski definition) is 1. The molecule has 7 heteroatoms. The fourth-order valence-electron chi connectivity index (χ4n) is 1.49. The van der Waals surface area contributed by atoms with Crippen LogP contribution < -0.4 is 10.2 Å². The zero-order valence-electron chi connectivity index (χ0n) is 9.57. The molecular formula is C12H9F3N2O2. The second-order valence-corrected chi connectivity index (χ2v) is 3.69. The van der Waals surface area contributed by atoms with E-state index in [4.69, 9.17) is 4.74 Å². The third-order valence-corrected chi connectivity index (χ3v) is 2.25. The van der Waals surface area contributed by atoms with Gasteiger partial charge >= 0.3 is 6.18 Å². The van der Waals surface area contributed by atoms with E-state index in [0.29, 0.717) is 0 Å². The van der Waals surface area contributed by atoms with Crippen LogP contribution in [0, 0.1) is 0 Å². The number of aromatic amines is 1. The molecule has 1 aromatic carbocycles. The number of nitrogens with zero attached hydrogens (tertiary/aromatic N) is 1. The third kappa shape index (κ3) is 3.34. The van der Waals surface area contributed by atoms with Crippen molar-refractivity contribution in [1.82, 2.24) is 10.2 Å². The van der Waals surface area contributed by atoms with Crippen LogP contribution >= 0.6 is 0 Å². The molecule has 0 aliphatic carbocycles. The minimum Gasteiger partial charge on any atom is -0.483 e. The number of alkyl halides is 3. The maximum absolute atomic E-state index is 12.1. The Kier molecular flexibility index (Phi) is 3.55. The Morgan fingerprint density at radius 1 is 1.21 bits per heavy atom. The van der Waals surface area contributed by atoms with Crippen LogP contribution in [0.3, 0.4) is 0 Å². The van der Waals surface area contributed by atoms with Gasteiger partial charge in [0.15, 0.2) is 6.61 Å². The van der Waals surface area contributed by atoms with Crippen LogP contribution in [0.2, 0.25) is 0 Å². The van der Waals surface area contributed by atoms with Gasteiger partial charge in [0.25, 0.3) is 0 Å². The van der Waals surface area contributed by atoms with Gasteiger partial charge in [0.05, 0.1) is 0 Å². The lowest BCUT2D eigenvalue weighted by Gasteiger charge is -2.12. The van der Waals surface area contributed by atoms with Crippen LogP contribution in [-0.2, 0) is 0 Å². The molecule has 1 N–H and O–H groups in total. The molecule has 2 aromatic rings. The topological polar surface area (TPSA) is 55.0 Å². The highest BCUT2D eigenvalue weighted by Crippen LogP contribution is 2.27. The van der Waals surface area contributed by atoms with Crippen molar-refractivity contribution in [2.24, 2.45) is 0 Å². The summed E-state index contributed by atoms with van der Waals surface area (Å²) >= 11 is 0. The first kappa shape index (κ1) is 13.1. The zero-order chi connectivity index (χ0) is 13.9. The van der Waals surface area contributed by atoms with E-state index < -0.39 is 18.2 Å². The van der Waals surface area contributed by atoms with E-state index in [1.54, 1.807) is 6.07 Å². The predicted molar refractivity (Wildman–Crippen MR) is 61.8 cm³/mol. The van der Waals surface area contributed by atoms with Gasteiger partial charge in [-0.05, 0) is 12.1 Å². The molecule has 0 unspecified atom stereocenters. The van der Waals surface area contributed by atoms with E-state index in [-0.39, 0.29) is 17.0 Å². The number of ether oxygens (including phenoxy) is 1. The Bertz CT molecular complexity index is 623. The summed E-state index contributed by atoms with van der Waals surface area (Å²) in [5.74, 6) is -0.0379. The highest BCUT2D eigenvalue weighted by molar-refractivity contribution is 5.66. The molecule has 0 fully saturated rings. The average Bonchev–Trinajstić information content (AvgIpc) is 2.37. The van der Waals surface area contributed by atoms with Crippen molar-refractivity contribution >= 4 is 0 Å². The molecule has 0 aliphatic rings. The first-order valence-corrected chi connectivity index (χ1v) is 5.30. The second kappa shape index (κ2) is 5.13. The first-order valence-electron chi connectivity index (χ1n) is 5.30. The van der Waals surface area contributed by atoms with Crippen LogP contribution in [0.5, 0.6) is 5.75 Å². The van der Waals surface area contributed by atoms with E-state index in [2.05, 4.69) is 10.2 Å². The van der Waals surface area contributed by atoms with Crippen LogP contribution in [0.15, 0.2) is 41.3 Å². The number of hydrogen-bond acceptors (Lipinski definition) is 3. The molecule has 1 aromatic heterocycles. The molecular weight excluding hydrogens is 261 g/mol. The second-order valence-electron chi connectivity index (χ2n) is 3.69. The Morgan fingerprint density at radius 2 is 1.95 bits per heavy atom. The third-order valence-electron chi connectivity index (χ3n) is 2.25. The lowest BCUT2D eigenvalue weighted by Crippen LogP contribution is -2.19. The van der Waals surface area contributed by atoms with Crippen LogP contribution in [0.25, 0.3) is 11.3 Å². The summed E-state index contributed by atoms with van der Waals surface area (Å²) in [6.07, 6.45) is -3.10. The summed E-state index contributed by atoms with van der Waals surface area (Å²) in [6.45, 7) is -1.42. The van der Waals surface area contributed by atoms with E-state index >= 15 is 0 Å². The minimum absolute atomic E-state index is 0.0141. The summed E-state index contributed by atoms with van der Waals surface area (Å²) < 4.78 is 41.1. The average molecular weight is 270 g/mol. The summed E-state index contributed by atoms with van der Waals surface area (Å²) in [5.41, 5.74) is -0.171. The molecule has 0 spiro atoms. The molecule has 1 heterocycles. The van der Waals surface area contributed by atoms with Crippen molar-refractivity contribution in [2.45, 2.75) is 6.18 Å². The lowest BCUT2D eigenvalue weighted by atomic mass is 10.1. The minimum atomic E-state index is -4.44. The van der Waals surface area contributed by atoms with E-state index in [0.717, 1.165) is 0 Å². The van der Waals surface area contributed by atoms with Gasteiger partial charge in [-0.2, -0.15) is 18.3 Å². The van der Waals surface area contributed by atoms with Gasteiger partial charge in [-0.1, -0.05) is 12.1 Å². The van der Waals surface area contributed by atoms with Crippen molar-refractivity contribution in [3.05, 3.63) is 46.8 Å². The first-order chi connectivity index (χ1) is 8.97. The number of aromatic nitrogens is 2. The highest BCUT2D eigenvalue weighted by atomic mass is 19.4. The Morgan fingerprint density at radius 3 is 2.63 bits per heavy atom. The monoisotopic (exact) mass is 270 g/mol. The molecule has 19 heavy (non-hydrogen) atoms. The van der Waals surface area contributed by atoms with Crippen molar-refractivity contribution in [2.75, 3.05) is 6.61 Å². The predicted octanol–water partition coefficient (Wildman–Crippen LogP) is 2.38. The molecule has 100 valence electrons. The smallest absolute Gasteiger partial charge is 0.422 e. The fourth-order valence-corrected chi connectivity index (χ4v) is 1.49. The molecule has 0 radical (unpaired) electrons. The zero-order valence-corrected chi connectivity index (χ0v) is 9.57. The summed E-state index contributed by atoms with van der Waals surface area (Å²) in [6, 6.07) is 7.18. The van der Waals surface area contributed by atoms with Crippen molar-refractivity contribution < 1.29 is 17.9 Å². The number of nitrogens with one attached hydrogen (secondary N) is 1. The van der Waals surface area contributed by atoms with Gasteiger partial charge in [-0.25, -0.2) is 0 Å². The Labute approximate surface area is 105 Å². The fraction of sp³-hybridized carbons (Fsp3) is 0.167. The summed E-state index contributed by atoms with van der Waals surface area (Å²) in [7, 11) is 0. The molecule has 0 saturated carbocycles. The standard InChI is InChI=1S/C12H9F3N2O2/c13-12(14,15)7-19-10-4-2-1-3-8(10)11-9(18)5-6-16-17-11/h1-6H,7H2,(H,16,18). The largest absolute Gasteiger partial charge is 0.483 e. The van der Waals surface area contributed by atoms with Crippen molar-refractivity contribution in [3.63, 3.8) is 0 Å². The van der Waals surface area contributed by atoms with E-state index in [9.17, 15) is 18.0 Å². The number of halogens is 3. The Hall–Kier alpha value is -2.31. The van der Waals surface area contributed by atoms with Gasteiger partial charge in [0.1, 0.15) is 11.4 Å². The van der Waals surface area contributed by atoms with E-state index in [1.165, 1.54) is 30.5 Å². The molecule has 0 atom stereocenters. The SMILES string of the molecule is O=c1cc[nH]nc1-c1ccccc1OCC(F)(F)F.